The average Bonchev–Trinajstić information content (AvgIpc) is 2.38. The number of aryl methyl sites for hydroxylation is 3. The van der Waals surface area contributed by atoms with E-state index in [0.29, 0.717) is 0 Å². The number of benzene rings is 2. The van der Waals surface area contributed by atoms with Crippen molar-refractivity contribution in [2.45, 2.75) is 20.8 Å². The van der Waals surface area contributed by atoms with E-state index in [1.165, 1.54) is 0 Å². The van der Waals surface area contributed by atoms with Crippen LogP contribution in [0, 0.1) is 20.8 Å². The molecule has 0 heterocycles. The Morgan fingerprint density at radius 1 is 0.895 bits per heavy atom. The number of ether oxygens (including phenoxy) is 1. The molecule has 3 heteroatoms. The van der Waals surface area contributed by atoms with Crippen LogP contribution in [0.5, 0.6) is 5.75 Å². The zero-order chi connectivity index (χ0) is 14.0. The summed E-state index contributed by atoms with van der Waals surface area (Å²) >= 11 is 6.12. The summed E-state index contributed by atoms with van der Waals surface area (Å²) in [4.78, 5) is 0. The second-order valence-corrected chi connectivity index (χ2v) is 5.13. The molecular weight excluding hydrogens is 258 g/mol. The molecule has 2 aromatic carbocycles. The second kappa shape index (κ2) is 5.54. The third-order valence-electron chi connectivity index (χ3n) is 3.21. The smallest absolute Gasteiger partial charge is 0.119 e. The van der Waals surface area contributed by atoms with Gasteiger partial charge in [-0.1, -0.05) is 11.6 Å². The highest BCUT2D eigenvalue weighted by atomic mass is 35.5. The first kappa shape index (κ1) is 13.8. The summed E-state index contributed by atoms with van der Waals surface area (Å²) in [5.74, 6) is 0.868. The summed E-state index contributed by atoms with van der Waals surface area (Å²) in [6, 6.07) is 10.0. The summed E-state index contributed by atoms with van der Waals surface area (Å²) in [7, 11) is 1.68. The zero-order valence-corrected chi connectivity index (χ0v) is 12.4. The standard InChI is InChI=1S/C16H18ClNO/c1-10-9-16(12(3)8-14(10)17)18-15-6-5-13(19-4)7-11(15)2/h5-9,18H,1-4H3. The minimum absolute atomic E-state index is 0.800. The lowest BCUT2D eigenvalue weighted by Crippen LogP contribution is -1.97. The summed E-state index contributed by atoms with van der Waals surface area (Å²) < 4.78 is 5.21. The maximum Gasteiger partial charge on any atom is 0.119 e. The van der Waals surface area contributed by atoms with Gasteiger partial charge in [-0.2, -0.15) is 0 Å². The molecule has 1 N–H and O–H groups in total. The first-order valence-corrected chi connectivity index (χ1v) is 6.57. The molecule has 0 bridgehead atoms. The van der Waals surface area contributed by atoms with Crippen LogP contribution in [-0.4, -0.2) is 7.11 Å². The number of rotatable bonds is 3. The monoisotopic (exact) mass is 275 g/mol. The van der Waals surface area contributed by atoms with Crippen LogP contribution in [0.1, 0.15) is 16.7 Å². The van der Waals surface area contributed by atoms with E-state index in [0.717, 1.165) is 38.8 Å². The van der Waals surface area contributed by atoms with Gasteiger partial charge in [-0.05, 0) is 67.8 Å². The summed E-state index contributed by atoms with van der Waals surface area (Å²) in [5, 5.41) is 4.25. The lowest BCUT2D eigenvalue weighted by Gasteiger charge is -2.14. The minimum Gasteiger partial charge on any atom is -0.497 e. The Morgan fingerprint density at radius 2 is 1.58 bits per heavy atom. The van der Waals surface area contributed by atoms with Gasteiger partial charge in [-0.3, -0.25) is 0 Å². The molecule has 0 amide bonds. The van der Waals surface area contributed by atoms with E-state index >= 15 is 0 Å². The molecule has 0 unspecified atom stereocenters. The van der Waals surface area contributed by atoms with E-state index in [9.17, 15) is 0 Å². The van der Waals surface area contributed by atoms with E-state index in [1.807, 2.05) is 38.1 Å². The predicted molar refractivity (Wildman–Crippen MR) is 81.9 cm³/mol. The van der Waals surface area contributed by atoms with Crippen molar-refractivity contribution in [2.24, 2.45) is 0 Å². The number of nitrogens with one attached hydrogen (secondary N) is 1. The fourth-order valence-electron chi connectivity index (χ4n) is 1.96. The zero-order valence-electron chi connectivity index (χ0n) is 11.7. The molecule has 0 atom stereocenters. The Balaban J connectivity index is 2.33. The third kappa shape index (κ3) is 3.02. The third-order valence-corrected chi connectivity index (χ3v) is 3.62. The van der Waals surface area contributed by atoms with Gasteiger partial charge in [-0.15, -0.1) is 0 Å². The SMILES string of the molecule is COc1ccc(Nc2cc(C)c(Cl)cc2C)c(C)c1. The molecule has 0 saturated heterocycles. The van der Waals surface area contributed by atoms with Crippen molar-refractivity contribution in [3.8, 4) is 5.75 Å². The fraction of sp³-hybridized carbons (Fsp3) is 0.250. The quantitative estimate of drug-likeness (QED) is 0.849. The van der Waals surface area contributed by atoms with E-state index in [1.54, 1.807) is 7.11 Å². The van der Waals surface area contributed by atoms with Crippen molar-refractivity contribution in [3.05, 3.63) is 52.0 Å². The Kier molecular flexibility index (Phi) is 4.01. The summed E-state index contributed by atoms with van der Waals surface area (Å²) in [6.07, 6.45) is 0. The van der Waals surface area contributed by atoms with E-state index in [4.69, 9.17) is 16.3 Å². The van der Waals surface area contributed by atoms with Crippen LogP contribution in [0.2, 0.25) is 5.02 Å². The molecule has 0 aromatic heterocycles. The van der Waals surface area contributed by atoms with Crippen molar-refractivity contribution in [2.75, 3.05) is 12.4 Å². The van der Waals surface area contributed by atoms with Crippen molar-refractivity contribution >= 4 is 23.0 Å². The molecule has 0 radical (unpaired) electrons. The number of hydrogen-bond acceptors (Lipinski definition) is 2. The van der Waals surface area contributed by atoms with E-state index < -0.39 is 0 Å². The minimum atomic E-state index is 0.800. The van der Waals surface area contributed by atoms with Gasteiger partial charge in [0.05, 0.1) is 7.11 Å². The summed E-state index contributed by atoms with van der Waals surface area (Å²) in [6.45, 7) is 6.11. The Hall–Kier alpha value is -1.67. The Bertz CT molecular complexity index is 608. The van der Waals surface area contributed by atoms with Crippen LogP contribution in [0.15, 0.2) is 30.3 Å². The van der Waals surface area contributed by atoms with Crippen LogP contribution in [-0.2, 0) is 0 Å². The van der Waals surface area contributed by atoms with Crippen LogP contribution < -0.4 is 10.1 Å². The maximum absolute atomic E-state index is 6.12. The number of methoxy groups -OCH3 is 1. The van der Waals surface area contributed by atoms with Crippen LogP contribution >= 0.6 is 11.6 Å². The second-order valence-electron chi connectivity index (χ2n) is 4.72. The van der Waals surface area contributed by atoms with Crippen molar-refractivity contribution in [1.82, 2.24) is 0 Å². The van der Waals surface area contributed by atoms with Gasteiger partial charge in [0.1, 0.15) is 5.75 Å². The Morgan fingerprint density at radius 3 is 2.21 bits per heavy atom. The lowest BCUT2D eigenvalue weighted by molar-refractivity contribution is 0.414. The molecule has 0 spiro atoms. The number of anilines is 2. The molecule has 19 heavy (non-hydrogen) atoms. The van der Waals surface area contributed by atoms with Crippen LogP contribution in [0.25, 0.3) is 0 Å². The average molecular weight is 276 g/mol. The maximum atomic E-state index is 6.12. The summed E-state index contributed by atoms with van der Waals surface area (Å²) in [5.41, 5.74) is 5.50. The van der Waals surface area contributed by atoms with Gasteiger partial charge >= 0.3 is 0 Å². The molecule has 0 fully saturated rings. The Labute approximate surface area is 119 Å². The van der Waals surface area contributed by atoms with Crippen molar-refractivity contribution in [1.29, 1.82) is 0 Å². The number of hydrogen-bond donors (Lipinski definition) is 1. The fourth-order valence-corrected chi connectivity index (χ4v) is 2.18. The number of halogens is 1. The van der Waals surface area contributed by atoms with Crippen molar-refractivity contribution in [3.63, 3.8) is 0 Å². The first-order chi connectivity index (χ1) is 9.01. The van der Waals surface area contributed by atoms with Gasteiger partial charge in [-0.25, -0.2) is 0 Å². The molecule has 2 aromatic rings. The predicted octanol–water partition coefficient (Wildman–Crippen LogP) is 5.02. The normalized spacial score (nSPS) is 10.4. The van der Waals surface area contributed by atoms with Gasteiger partial charge in [0.15, 0.2) is 0 Å². The molecule has 0 saturated carbocycles. The lowest BCUT2D eigenvalue weighted by atomic mass is 10.1. The molecular formula is C16H18ClNO. The van der Waals surface area contributed by atoms with Crippen LogP contribution in [0.3, 0.4) is 0 Å². The molecule has 2 rings (SSSR count). The van der Waals surface area contributed by atoms with Gasteiger partial charge in [0.2, 0.25) is 0 Å². The van der Waals surface area contributed by atoms with Crippen LogP contribution in [0.4, 0.5) is 11.4 Å². The highest BCUT2D eigenvalue weighted by molar-refractivity contribution is 6.31. The molecule has 100 valence electrons. The van der Waals surface area contributed by atoms with E-state index in [-0.39, 0.29) is 0 Å². The highest BCUT2D eigenvalue weighted by Crippen LogP contribution is 2.29. The first-order valence-electron chi connectivity index (χ1n) is 6.19. The molecule has 0 aliphatic carbocycles. The molecule has 0 aliphatic rings. The largest absolute Gasteiger partial charge is 0.497 e. The van der Waals surface area contributed by atoms with Crippen molar-refractivity contribution < 1.29 is 4.74 Å². The highest BCUT2D eigenvalue weighted by Gasteiger charge is 2.05. The van der Waals surface area contributed by atoms with Gasteiger partial charge < -0.3 is 10.1 Å². The van der Waals surface area contributed by atoms with Gasteiger partial charge in [0.25, 0.3) is 0 Å². The van der Waals surface area contributed by atoms with E-state index in [2.05, 4.69) is 18.3 Å². The topological polar surface area (TPSA) is 21.3 Å². The molecule has 2 nitrogen and oxygen atoms in total. The van der Waals surface area contributed by atoms with Gasteiger partial charge in [0, 0.05) is 16.4 Å². The molecule has 0 aliphatic heterocycles.